The van der Waals surface area contributed by atoms with Crippen molar-refractivity contribution in [3.8, 4) is 0 Å². The summed E-state index contributed by atoms with van der Waals surface area (Å²) >= 11 is 0. The van der Waals surface area contributed by atoms with E-state index in [4.69, 9.17) is 28.4 Å². The van der Waals surface area contributed by atoms with Crippen molar-refractivity contribution in [3.05, 3.63) is 48.6 Å². The number of hydrogen-bond donors (Lipinski definition) is 7. The van der Waals surface area contributed by atoms with E-state index in [1.54, 1.807) is 0 Å². The van der Waals surface area contributed by atoms with Gasteiger partial charge in [0, 0.05) is 12.8 Å². The van der Waals surface area contributed by atoms with Crippen molar-refractivity contribution in [2.75, 3.05) is 26.4 Å². The summed E-state index contributed by atoms with van der Waals surface area (Å²) in [6.45, 7) is 2.47. The molecule has 2 heterocycles. The van der Waals surface area contributed by atoms with Gasteiger partial charge in [-0.05, 0) is 70.6 Å². The molecule has 0 aliphatic carbocycles. The van der Waals surface area contributed by atoms with Gasteiger partial charge in [0.15, 0.2) is 18.7 Å². The minimum Gasteiger partial charge on any atom is -0.462 e. The highest BCUT2D eigenvalue weighted by molar-refractivity contribution is 5.70. The summed E-state index contributed by atoms with van der Waals surface area (Å²) in [6.07, 6.45) is 32.8. The number of esters is 2. The normalized spacial score (nSPS) is 25.3. The van der Waals surface area contributed by atoms with Crippen LogP contribution in [0.3, 0.4) is 0 Å². The van der Waals surface area contributed by atoms with Crippen molar-refractivity contribution in [2.45, 2.75) is 274 Å². The lowest BCUT2D eigenvalue weighted by Crippen LogP contribution is -2.61. The van der Waals surface area contributed by atoms with E-state index in [0.29, 0.717) is 12.8 Å². The van der Waals surface area contributed by atoms with Crippen LogP contribution in [-0.4, -0.2) is 142 Å². The molecule has 2 saturated heterocycles. The molecule has 2 aliphatic rings. The average molecular weight is 1030 g/mol. The fourth-order valence-corrected chi connectivity index (χ4v) is 8.70. The molecular weight excluding hydrogens is 925 g/mol. The number of allylic oxidation sites excluding steroid dienone is 8. The van der Waals surface area contributed by atoms with Crippen molar-refractivity contribution >= 4 is 11.9 Å². The lowest BCUT2D eigenvalue weighted by atomic mass is 9.98. The zero-order chi connectivity index (χ0) is 52.4. The Bertz CT molecular complexity index is 1440. The van der Waals surface area contributed by atoms with E-state index in [9.17, 15) is 45.3 Å². The van der Waals surface area contributed by atoms with E-state index in [-0.39, 0.29) is 26.1 Å². The van der Waals surface area contributed by atoms with Crippen LogP contribution in [0, 0.1) is 0 Å². The van der Waals surface area contributed by atoms with E-state index in [2.05, 4.69) is 62.5 Å². The maximum atomic E-state index is 13.0. The molecule has 2 fully saturated rings. The molecule has 0 amide bonds. The second-order valence-electron chi connectivity index (χ2n) is 19.7. The summed E-state index contributed by atoms with van der Waals surface area (Å²) in [5, 5.41) is 72.2. The molecule has 72 heavy (non-hydrogen) atoms. The first-order valence-electron chi connectivity index (χ1n) is 28.2. The summed E-state index contributed by atoms with van der Waals surface area (Å²) in [6, 6.07) is 0. The minimum atomic E-state index is -1.77. The standard InChI is InChI=1S/C57H100O15/c1-3-5-7-9-11-13-15-17-19-20-21-22-23-24-26-27-29-31-33-35-37-39-48(59)67-42-45(70-49(60)40-38-36-34-32-30-28-25-18-16-14-12-10-8-6-4-2)43-68-56-55(66)53(64)51(62)47(72-56)44-69-57-54(65)52(63)50(61)46(41-58)71-57/h6,8,12,14,18,20-21,25,45-47,50-58,61-66H,3-5,7,9-11,13,15-17,19,22-24,26-44H2,1-2H3/b8-6-,14-12-,21-20-,25-18-. The van der Waals surface area contributed by atoms with Crippen molar-refractivity contribution in [2.24, 2.45) is 0 Å². The van der Waals surface area contributed by atoms with Crippen molar-refractivity contribution in [3.63, 3.8) is 0 Å². The quantitative estimate of drug-likeness (QED) is 0.0171. The molecule has 0 aromatic heterocycles. The maximum Gasteiger partial charge on any atom is 0.306 e. The Balaban J connectivity index is 1.76. The van der Waals surface area contributed by atoms with Crippen molar-refractivity contribution in [1.82, 2.24) is 0 Å². The molecule has 0 spiro atoms. The molecule has 2 rings (SSSR count). The van der Waals surface area contributed by atoms with Crippen LogP contribution in [0.15, 0.2) is 48.6 Å². The van der Waals surface area contributed by atoms with Gasteiger partial charge in [-0.3, -0.25) is 9.59 Å². The predicted octanol–water partition coefficient (Wildman–Crippen LogP) is 9.05. The van der Waals surface area contributed by atoms with Gasteiger partial charge in [0.05, 0.1) is 19.8 Å². The van der Waals surface area contributed by atoms with Gasteiger partial charge >= 0.3 is 11.9 Å². The van der Waals surface area contributed by atoms with E-state index in [1.807, 2.05) is 0 Å². The van der Waals surface area contributed by atoms with E-state index in [0.717, 1.165) is 70.6 Å². The van der Waals surface area contributed by atoms with E-state index >= 15 is 0 Å². The van der Waals surface area contributed by atoms with Gasteiger partial charge in [-0.2, -0.15) is 0 Å². The third-order valence-corrected chi connectivity index (χ3v) is 13.3. The molecule has 2 aliphatic heterocycles. The first kappa shape index (κ1) is 65.6. The molecule has 15 nitrogen and oxygen atoms in total. The highest BCUT2D eigenvalue weighted by Crippen LogP contribution is 2.27. The summed E-state index contributed by atoms with van der Waals surface area (Å²) in [5.41, 5.74) is 0. The highest BCUT2D eigenvalue weighted by Gasteiger charge is 2.47. The van der Waals surface area contributed by atoms with E-state index < -0.39 is 92.7 Å². The number of carbonyl (C=O) groups is 2. The molecule has 11 atom stereocenters. The molecule has 418 valence electrons. The van der Waals surface area contributed by atoms with Gasteiger partial charge in [-0.1, -0.05) is 172 Å². The molecule has 7 N–H and O–H groups in total. The monoisotopic (exact) mass is 1020 g/mol. The average Bonchev–Trinajstić information content (AvgIpc) is 3.37. The summed E-state index contributed by atoms with van der Waals surface area (Å²) in [4.78, 5) is 25.8. The van der Waals surface area contributed by atoms with Crippen LogP contribution in [0.5, 0.6) is 0 Å². The van der Waals surface area contributed by atoms with Crippen molar-refractivity contribution in [1.29, 1.82) is 0 Å². The third-order valence-electron chi connectivity index (χ3n) is 13.3. The summed E-state index contributed by atoms with van der Waals surface area (Å²) < 4.78 is 33.6. The minimum absolute atomic E-state index is 0.145. The Labute approximate surface area is 433 Å². The van der Waals surface area contributed by atoms with Gasteiger partial charge in [0.25, 0.3) is 0 Å². The van der Waals surface area contributed by atoms with Crippen LogP contribution in [0.2, 0.25) is 0 Å². The van der Waals surface area contributed by atoms with Gasteiger partial charge in [0.1, 0.15) is 55.4 Å². The number of hydrogen-bond acceptors (Lipinski definition) is 15. The van der Waals surface area contributed by atoms with Gasteiger partial charge in [0.2, 0.25) is 0 Å². The first-order valence-corrected chi connectivity index (χ1v) is 28.2. The predicted molar refractivity (Wildman–Crippen MR) is 280 cm³/mol. The lowest BCUT2D eigenvalue weighted by molar-refractivity contribution is -0.332. The molecule has 0 bridgehead atoms. The third kappa shape index (κ3) is 30.7. The number of unbranched alkanes of at least 4 members (excludes halogenated alkanes) is 22. The number of rotatable bonds is 44. The Morgan fingerprint density at radius 2 is 0.875 bits per heavy atom. The number of aliphatic hydroxyl groups excluding tert-OH is 7. The van der Waals surface area contributed by atoms with Crippen molar-refractivity contribution < 1.29 is 73.8 Å². The SMILES string of the molecule is CC/C=C\C/C=C\C/C=C\CCCCCCCC(=O)OC(COC(=O)CCCCCCCCCCC/C=C\CCCCCCCCCC)COC1OC(COC2OC(CO)C(O)C(O)C2O)C(O)C(O)C1O. The van der Waals surface area contributed by atoms with Gasteiger partial charge in [-0.25, -0.2) is 0 Å². The molecule has 0 aromatic carbocycles. The second kappa shape index (κ2) is 43.7. The lowest BCUT2D eigenvalue weighted by Gasteiger charge is -2.42. The number of carbonyl (C=O) groups excluding carboxylic acids is 2. The summed E-state index contributed by atoms with van der Waals surface area (Å²) in [7, 11) is 0. The second-order valence-corrected chi connectivity index (χ2v) is 19.7. The largest absolute Gasteiger partial charge is 0.462 e. The van der Waals surface area contributed by atoms with Crippen LogP contribution in [0.1, 0.15) is 206 Å². The maximum absolute atomic E-state index is 13.0. The first-order chi connectivity index (χ1) is 35.0. The van der Waals surface area contributed by atoms with Crippen LogP contribution >= 0.6 is 0 Å². The summed E-state index contributed by atoms with van der Waals surface area (Å²) in [5.74, 6) is -0.944. The molecule has 11 unspecified atom stereocenters. The van der Waals surface area contributed by atoms with Gasteiger partial charge in [-0.15, -0.1) is 0 Å². The topological polar surface area (TPSA) is 231 Å². The van der Waals surface area contributed by atoms with E-state index in [1.165, 1.54) is 96.3 Å². The molecular formula is C57H100O15. The Morgan fingerprint density at radius 1 is 0.458 bits per heavy atom. The van der Waals surface area contributed by atoms with Crippen LogP contribution in [0.4, 0.5) is 0 Å². The Morgan fingerprint density at radius 3 is 1.39 bits per heavy atom. The number of ether oxygens (including phenoxy) is 6. The molecule has 0 radical (unpaired) electrons. The molecule has 15 heteroatoms. The number of aliphatic hydroxyl groups is 7. The van der Waals surface area contributed by atoms with Crippen LogP contribution in [0.25, 0.3) is 0 Å². The zero-order valence-corrected chi connectivity index (χ0v) is 44.4. The fourth-order valence-electron chi connectivity index (χ4n) is 8.70. The molecule has 0 aromatic rings. The fraction of sp³-hybridized carbons (Fsp3) is 0.825. The molecule has 0 saturated carbocycles. The zero-order valence-electron chi connectivity index (χ0n) is 44.4. The Hall–Kier alpha value is -2.54. The smallest absolute Gasteiger partial charge is 0.306 e. The van der Waals surface area contributed by atoms with Crippen LogP contribution in [-0.2, 0) is 38.0 Å². The Kier molecular flexibility index (Phi) is 39.8. The highest BCUT2D eigenvalue weighted by atomic mass is 16.7. The van der Waals surface area contributed by atoms with Crippen LogP contribution < -0.4 is 0 Å². The van der Waals surface area contributed by atoms with Gasteiger partial charge < -0.3 is 64.2 Å².